The first-order chi connectivity index (χ1) is 41.7. The molecule has 0 unspecified atom stereocenters. The Balaban J connectivity index is 4.34. The topological polar surface area (TPSA) is 282 Å². The zero-order chi connectivity index (χ0) is 69.5. The molecule has 1 aliphatic heterocycles. The molecule has 0 bridgehead atoms. The fourth-order valence-corrected chi connectivity index (χ4v) is 11.5. The van der Waals surface area contributed by atoms with Crippen molar-refractivity contribution in [2.45, 2.75) is 242 Å². The van der Waals surface area contributed by atoms with Crippen molar-refractivity contribution in [2.75, 3.05) is 55.9 Å². The predicted molar refractivity (Wildman–Crippen MR) is 350 cm³/mol. The number of nitriles is 1. The Labute approximate surface area is 540 Å². The molecular weight excluding hydrogens is 1150 g/mol. The summed E-state index contributed by atoms with van der Waals surface area (Å²) in [5, 5.41) is 20.2. The average molecular weight is 1270 g/mol. The Morgan fingerprint density at radius 3 is 1.39 bits per heavy atom. The normalized spacial score (nSPS) is 26.0. The molecule has 0 saturated carbocycles. The lowest BCUT2D eigenvalue weighted by Gasteiger charge is -2.42. The summed E-state index contributed by atoms with van der Waals surface area (Å²) in [4.78, 5) is 170. The molecule has 0 aromatic heterocycles. The van der Waals surface area contributed by atoms with Crippen LogP contribution in [0.15, 0.2) is 12.2 Å². The van der Waals surface area contributed by atoms with Gasteiger partial charge in [-0.1, -0.05) is 116 Å². The van der Waals surface area contributed by atoms with Crippen molar-refractivity contribution >= 4 is 65.0 Å². The lowest BCUT2D eigenvalue weighted by Crippen LogP contribution is -2.62. The quantitative estimate of drug-likeness (QED) is 0.0908. The van der Waals surface area contributed by atoms with Crippen molar-refractivity contribution in [3.63, 3.8) is 0 Å². The van der Waals surface area contributed by atoms with Crippen molar-refractivity contribution in [3.8, 4) is 6.07 Å². The van der Waals surface area contributed by atoms with Gasteiger partial charge in [-0.05, 0) is 119 Å². The third kappa shape index (κ3) is 23.9. The van der Waals surface area contributed by atoms with Gasteiger partial charge in [0.2, 0.25) is 65.0 Å². The number of rotatable bonds is 19. The summed E-state index contributed by atoms with van der Waals surface area (Å²) < 4.78 is 0. The number of unbranched alkanes of at least 4 members (excludes halogenated alkanes) is 3. The highest BCUT2D eigenvalue weighted by molar-refractivity contribution is 5.99. The van der Waals surface area contributed by atoms with E-state index in [-0.39, 0.29) is 61.7 Å². The first-order valence-corrected chi connectivity index (χ1v) is 32.8. The largest absolute Gasteiger partial charge is 0.343 e. The third-order valence-corrected chi connectivity index (χ3v) is 17.4. The van der Waals surface area contributed by atoms with E-state index in [0.29, 0.717) is 12.8 Å². The Kier molecular flexibility index (Phi) is 34.6. The third-order valence-electron chi connectivity index (χ3n) is 17.4. The van der Waals surface area contributed by atoms with Gasteiger partial charge in [0.1, 0.15) is 60.4 Å². The highest BCUT2D eigenvalue weighted by atomic mass is 16.2. The van der Waals surface area contributed by atoms with Crippen LogP contribution in [-0.2, 0) is 52.7 Å². The van der Waals surface area contributed by atoms with Gasteiger partial charge < -0.3 is 55.6 Å². The van der Waals surface area contributed by atoms with Crippen LogP contribution in [0.1, 0.15) is 182 Å². The lowest BCUT2D eigenvalue weighted by molar-refractivity contribution is -0.156. The van der Waals surface area contributed by atoms with Crippen molar-refractivity contribution in [2.24, 2.45) is 47.3 Å². The molecule has 512 valence electrons. The number of carbonyl (C=O) groups excluding carboxylic acids is 11. The molecule has 0 aromatic rings. The molecule has 0 radical (unpaired) electrons. The molecule has 12 atom stereocenters. The minimum absolute atomic E-state index is 0.0866. The van der Waals surface area contributed by atoms with Gasteiger partial charge in [0.25, 0.3) is 0 Å². The molecule has 1 rings (SSSR count). The number of nitrogens with zero attached hydrogens (tertiary/aromatic N) is 8. The van der Waals surface area contributed by atoms with Crippen LogP contribution >= 0.6 is 0 Å². The fraction of sp³-hybridized carbons (Fsp3) is 0.791. The number of amides is 11. The zero-order valence-electron chi connectivity index (χ0n) is 59.4. The minimum Gasteiger partial charge on any atom is -0.343 e. The standard InChI is InChI=1S/C67H118N12O11/c1-25-49-63(86)73(18)38-54(80)74(19)50(34-39(2)3)60(83)72-55(43(10)11)66(89)75(20)51(35-40(4)5)59(82)69-47(16)58(81)70-48(17)62(85)76(21)52(36-41(6)7)64(87)77(22)53(37-42(8)9)65(88)78(23)56(44(12)13)67(90)79(24)57(61(84)71-49)46(15)45(14)32-30-28-26-27-29-31-33-68/h28,30,39-53,55-57H,25-27,29,31-32,34-38H2,1-24H3,(H,69,82)(H,70,81)(H,71,84)(H,72,83)/b30-28+/t45-,46-,47+,48-,49+,50+,51+,52+,53+,55+,56+,57+/m1/s1. The second kappa shape index (κ2) is 38.3. The van der Waals surface area contributed by atoms with E-state index < -0.39 is 150 Å². The molecule has 0 spiro atoms. The van der Waals surface area contributed by atoms with Gasteiger partial charge in [0.05, 0.1) is 12.6 Å². The predicted octanol–water partition coefficient (Wildman–Crippen LogP) is 5.61. The number of allylic oxidation sites excluding steroid dienone is 2. The summed E-state index contributed by atoms with van der Waals surface area (Å²) in [5.74, 6) is -9.16. The van der Waals surface area contributed by atoms with Crippen LogP contribution < -0.4 is 21.3 Å². The van der Waals surface area contributed by atoms with Crippen LogP contribution in [0.25, 0.3) is 0 Å². The van der Waals surface area contributed by atoms with Gasteiger partial charge in [-0.2, -0.15) is 5.26 Å². The molecule has 1 aliphatic rings. The highest BCUT2D eigenvalue weighted by Crippen LogP contribution is 2.28. The maximum Gasteiger partial charge on any atom is 0.246 e. The van der Waals surface area contributed by atoms with Crippen LogP contribution in [0.4, 0.5) is 0 Å². The molecule has 1 fully saturated rings. The van der Waals surface area contributed by atoms with Crippen molar-refractivity contribution in [1.82, 2.24) is 55.6 Å². The van der Waals surface area contributed by atoms with E-state index in [1.165, 1.54) is 97.5 Å². The first kappa shape index (κ1) is 81.4. The van der Waals surface area contributed by atoms with Crippen LogP contribution in [0.2, 0.25) is 0 Å². The van der Waals surface area contributed by atoms with Gasteiger partial charge in [0.15, 0.2) is 0 Å². The maximum absolute atomic E-state index is 15.4. The summed E-state index contributed by atoms with van der Waals surface area (Å²) in [7, 11) is 10.3. The van der Waals surface area contributed by atoms with Gasteiger partial charge in [-0.3, -0.25) is 52.7 Å². The van der Waals surface area contributed by atoms with E-state index in [1.54, 1.807) is 34.6 Å². The Bertz CT molecular complexity index is 2490. The molecule has 23 heteroatoms. The van der Waals surface area contributed by atoms with E-state index in [1.807, 2.05) is 81.4 Å². The second-order valence-corrected chi connectivity index (χ2v) is 27.8. The lowest BCUT2D eigenvalue weighted by atomic mass is 9.84. The molecule has 23 nitrogen and oxygen atoms in total. The summed E-state index contributed by atoms with van der Waals surface area (Å²) in [6.45, 7) is 30.0. The highest BCUT2D eigenvalue weighted by Gasteiger charge is 2.45. The van der Waals surface area contributed by atoms with Crippen molar-refractivity contribution < 1.29 is 52.7 Å². The van der Waals surface area contributed by atoms with E-state index >= 15 is 19.2 Å². The molecule has 0 aliphatic carbocycles. The number of nitrogens with one attached hydrogen (secondary N) is 4. The van der Waals surface area contributed by atoms with Crippen molar-refractivity contribution in [3.05, 3.63) is 12.2 Å². The molecule has 1 heterocycles. The Morgan fingerprint density at radius 1 is 0.467 bits per heavy atom. The van der Waals surface area contributed by atoms with Gasteiger partial charge in [-0.25, -0.2) is 0 Å². The molecule has 11 amide bonds. The van der Waals surface area contributed by atoms with Crippen LogP contribution in [0, 0.1) is 58.7 Å². The number of hydrogen-bond donors (Lipinski definition) is 4. The van der Waals surface area contributed by atoms with E-state index in [4.69, 9.17) is 5.26 Å². The molecule has 4 N–H and O–H groups in total. The molecular formula is C67H118N12O11. The van der Waals surface area contributed by atoms with Gasteiger partial charge in [-0.15, -0.1) is 0 Å². The summed E-state index contributed by atoms with van der Waals surface area (Å²) in [5.41, 5.74) is 0. The number of carbonyl (C=O) groups is 11. The fourth-order valence-electron chi connectivity index (χ4n) is 11.5. The van der Waals surface area contributed by atoms with Gasteiger partial charge in [0, 0.05) is 55.8 Å². The van der Waals surface area contributed by atoms with E-state index in [2.05, 4.69) is 27.3 Å². The van der Waals surface area contributed by atoms with E-state index in [0.717, 1.165) is 19.3 Å². The van der Waals surface area contributed by atoms with E-state index in [9.17, 15) is 33.6 Å². The first-order valence-electron chi connectivity index (χ1n) is 32.8. The summed E-state index contributed by atoms with van der Waals surface area (Å²) in [6, 6.07) is -9.50. The van der Waals surface area contributed by atoms with Crippen LogP contribution in [0.5, 0.6) is 0 Å². The zero-order valence-corrected chi connectivity index (χ0v) is 59.4. The Morgan fingerprint density at radius 2 is 0.911 bits per heavy atom. The monoisotopic (exact) mass is 1270 g/mol. The number of hydrogen-bond acceptors (Lipinski definition) is 12. The molecule has 90 heavy (non-hydrogen) atoms. The minimum atomic E-state index is -1.22. The Hall–Kier alpha value is -6.60. The van der Waals surface area contributed by atoms with Crippen molar-refractivity contribution in [1.29, 1.82) is 5.26 Å². The molecule has 0 aromatic carbocycles. The average Bonchev–Trinajstić information content (AvgIpc) is 0.858. The van der Waals surface area contributed by atoms with Gasteiger partial charge >= 0.3 is 0 Å². The summed E-state index contributed by atoms with van der Waals surface area (Å²) >= 11 is 0. The van der Waals surface area contributed by atoms with Crippen LogP contribution in [-0.4, -0.2) is 216 Å². The SMILES string of the molecule is CC[C@@H]1NC(=O)[C@H]([C@H](C)[C@H](C)C/C=C/CCCCC#N)N(C)C(=O)[C@H](C(C)C)N(C)C(=O)[C@H](CC(C)C)N(C)C(=O)[C@H](CC(C)C)N(C)C(=O)[C@@H](C)NC(=O)[C@H](C)NC(=O)[C@H](CC(C)C)N(C)C(=O)[C@H](C(C)C)NC(=O)[C@H](CC(C)C)N(C)C(=O)CN(C)C1=O. The second-order valence-electron chi connectivity index (χ2n) is 27.8. The smallest absolute Gasteiger partial charge is 0.246 e. The number of likely N-dealkylation sites (N-methyl/N-ethyl adjacent to an activating group) is 7. The molecule has 1 saturated heterocycles. The van der Waals surface area contributed by atoms with Crippen LogP contribution in [0.3, 0.4) is 0 Å². The summed E-state index contributed by atoms with van der Waals surface area (Å²) in [6.07, 6.45) is 8.13. The maximum atomic E-state index is 15.4.